The molecule has 0 aromatic heterocycles. The van der Waals surface area contributed by atoms with Crippen LogP contribution in [-0.4, -0.2) is 43.0 Å². The van der Waals surface area contributed by atoms with Gasteiger partial charge in [0.2, 0.25) is 0 Å². The van der Waals surface area contributed by atoms with Crippen molar-refractivity contribution in [3.05, 3.63) is 0 Å². The Bertz CT molecular complexity index is 388. The third-order valence-corrected chi connectivity index (χ3v) is 4.87. The van der Waals surface area contributed by atoms with Gasteiger partial charge in [-0.05, 0) is 53.9 Å². The van der Waals surface area contributed by atoms with Crippen LogP contribution in [0.1, 0.15) is 60.3 Å². The van der Waals surface area contributed by atoms with E-state index in [9.17, 15) is 4.79 Å². The first-order valence-electron chi connectivity index (χ1n) is 8.61. The molecule has 0 saturated heterocycles. The summed E-state index contributed by atoms with van der Waals surface area (Å²) in [6, 6.07) is 0.582. The highest BCUT2D eigenvalue weighted by atomic mass is 16.6. The highest BCUT2D eigenvalue weighted by Crippen LogP contribution is 2.57. The topological polar surface area (TPSA) is 59.6 Å². The number of carbonyl (C=O) groups is 1. The largest absolute Gasteiger partial charge is 0.444 e. The van der Waals surface area contributed by atoms with Gasteiger partial charge in [0.1, 0.15) is 5.60 Å². The molecule has 2 saturated carbocycles. The maximum Gasteiger partial charge on any atom is 0.407 e. The molecule has 5 nitrogen and oxygen atoms in total. The number of carbonyl (C=O) groups excluding carboxylic acids is 1. The highest BCUT2D eigenvalue weighted by Gasteiger charge is 2.58. The molecule has 3 atom stereocenters. The fourth-order valence-corrected chi connectivity index (χ4v) is 3.60. The van der Waals surface area contributed by atoms with Gasteiger partial charge in [-0.25, -0.2) is 4.79 Å². The Morgan fingerprint density at radius 2 is 2.05 bits per heavy atom. The third-order valence-electron chi connectivity index (χ3n) is 4.87. The van der Waals surface area contributed by atoms with Crippen LogP contribution in [0.4, 0.5) is 4.79 Å². The lowest BCUT2D eigenvalue weighted by atomic mass is 9.51. The van der Waals surface area contributed by atoms with Crippen molar-refractivity contribution in [2.75, 3.05) is 13.2 Å². The van der Waals surface area contributed by atoms with E-state index < -0.39 is 5.60 Å². The zero-order valence-corrected chi connectivity index (χ0v) is 14.7. The van der Waals surface area contributed by atoms with Crippen molar-refractivity contribution in [1.82, 2.24) is 10.6 Å². The minimum atomic E-state index is -0.452. The summed E-state index contributed by atoms with van der Waals surface area (Å²) in [6.07, 6.45) is 5.02. The Morgan fingerprint density at radius 1 is 1.36 bits per heavy atom. The summed E-state index contributed by atoms with van der Waals surface area (Å²) < 4.78 is 11.1. The molecule has 2 N–H and O–H groups in total. The van der Waals surface area contributed by atoms with Crippen LogP contribution in [-0.2, 0) is 9.47 Å². The molecule has 0 aromatic rings. The SMILES string of the molecule is CCOC1CC(NCC(C)NC(=O)OC(C)(C)C)C12CCC2. The van der Waals surface area contributed by atoms with Crippen molar-refractivity contribution in [2.45, 2.75) is 84.1 Å². The highest BCUT2D eigenvalue weighted by molar-refractivity contribution is 5.68. The van der Waals surface area contributed by atoms with E-state index in [1.54, 1.807) is 0 Å². The number of hydrogen-bond acceptors (Lipinski definition) is 4. The number of ether oxygens (including phenoxy) is 2. The molecule has 0 bridgehead atoms. The monoisotopic (exact) mass is 312 g/mol. The molecule has 2 fully saturated rings. The Hall–Kier alpha value is -0.810. The second-order valence-electron chi connectivity index (χ2n) is 7.77. The van der Waals surface area contributed by atoms with Gasteiger partial charge in [-0.15, -0.1) is 0 Å². The molecule has 0 heterocycles. The number of hydrogen-bond donors (Lipinski definition) is 2. The molecule has 22 heavy (non-hydrogen) atoms. The van der Waals surface area contributed by atoms with Crippen molar-refractivity contribution >= 4 is 6.09 Å². The van der Waals surface area contributed by atoms with Gasteiger partial charge in [0.25, 0.3) is 0 Å². The second-order valence-corrected chi connectivity index (χ2v) is 7.77. The average molecular weight is 312 g/mol. The van der Waals surface area contributed by atoms with Gasteiger partial charge in [-0.2, -0.15) is 0 Å². The van der Waals surface area contributed by atoms with Gasteiger partial charge in [0.15, 0.2) is 0 Å². The van der Waals surface area contributed by atoms with Crippen LogP contribution in [0.3, 0.4) is 0 Å². The lowest BCUT2D eigenvalue weighted by Gasteiger charge is -2.61. The summed E-state index contributed by atoms with van der Waals surface area (Å²) >= 11 is 0. The van der Waals surface area contributed by atoms with Gasteiger partial charge < -0.3 is 20.1 Å². The van der Waals surface area contributed by atoms with Gasteiger partial charge >= 0.3 is 6.09 Å². The van der Waals surface area contributed by atoms with E-state index in [1.807, 2.05) is 27.7 Å². The standard InChI is InChI=1S/C17H32N2O3/c1-6-21-14-10-13(17(14)8-7-9-17)18-11-12(2)19-15(20)22-16(3,4)5/h12-14,18H,6-11H2,1-5H3,(H,19,20). The second kappa shape index (κ2) is 6.75. The number of rotatable bonds is 6. The fraction of sp³-hybridized carbons (Fsp3) is 0.941. The van der Waals surface area contributed by atoms with Crippen LogP contribution in [0.5, 0.6) is 0 Å². The van der Waals surface area contributed by atoms with Crippen molar-refractivity contribution in [3.8, 4) is 0 Å². The maximum absolute atomic E-state index is 11.7. The van der Waals surface area contributed by atoms with Gasteiger partial charge in [-0.3, -0.25) is 0 Å². The smallest absolute Gasteiger partial charge is 0.407 e. The summed E-state index contributed by atoms with van der Waals surface area (Å²) in [7, 11) is 0. The average Bonchev–Trinajstić information content (AvgIpc) is 2.27. The molecule has 128 valence electrons. The first-order chi connectivity index (χ1) is 10.3. The van der Waals surface area contributed by atoms with E-state index >= 15 is 0 Å². The summed E-state index contributed by atoms with van der Waals surface area (Å²) in [6.45, 7) is 11.3. The summed E-state index contributed by atoms with van der Waals surface area (Å²) in [4.78, 5) is 11.7. The molecule has 2 aliphatic carbocycles. The van der Waals surface area contributed by atoms with E-state index in [4.69, 9.17) is 9.47 Å². The molecule has 5 heteroatoms. The van der Waals surface area contributed by atoms with Crippen molar-refractivity contribution in [1.29, 1.82) is 0 Å². The maximum atomic E-state index is 11.7. The molecular weight excluding hydrogens is 280 g/mol. The van der Waals surface area contributed by atoms with Crippen molar-refractivity contribution < 1.29 is 14.3 Å². The third kappa shape index (κ3) is 3.93. The Labute approximate surface area is 134 Å². The minimum Gasteiger partial charge on any atom is -0.444 e. The number of amides is 1. The Balaban J connectivity index is 1.71. The summed E-state index contributed by atoms with van der Waals surface area (Å²) in [5.74, 6) is 0. The molecule has 3 unspecified atom stereocenters. The van der Waals surface area contributed by atoms with E-state index in [2.05, 4.69) is 17.6 Å². The zero-order valence-electron chi connectivity index (χ0n) is 14.7. The van der Waals surface area contributed by atoms with Crippen LogP contribution >= 0.6 is 0 Å². The predicted molar refractivity (Wildman–Crippen MR) is 86.9 cm³/mol. The zero-order chi connectivity index (χ0) is 16.4. The molecule has 0 aromatic carbocycles. The molecule has 2 rings (SSSR count). The molecule has 0 aliphatic heterocycles. The lowest BCUT2D eigenvalue weighted by Crippen LogP contribution is -2.67. The van der Waals surface area contributed by atoms with Gasteiger partial charge in [0.05, 0.1) is 6.10 Å². The first-order valence-corrected chi connectivity index (χ1v) is 8.61. The fourth-order valence-electron chi connectivity index (χ4n) is 3.60. The van der Waals surface area contributed by atoms with Crippen molar-refractivity contribution in [2.24, 2.45) is 5.41 Å². The van der Waals surface area contributed by atoms with Crippen LogP contribution < -0.4 is 10.6 Å². The molecule has 0 radical (unpaired) electrons. The summed E-state index contributed by atoms with van der Waals surface area (Å²) in [5.41, 5.74) is -0.0897. The predicted octanol–water partition coefficient (Wildman–Crippen LogP) is 2.84. The van der Waals surface area contributed by atoms with Gasteiger partial charge in [0, 0.05) is 30.7 Å². The Kier molecular flexibility index (Phi) is 5.38. The van der Waals surface area contributed by atoms with E-state index in [0.717, 1.165) is 19.6 Å². The summed E-state index contributed by atoms with van der Waals surface area (Å²) in [5, 5.41) is 6.50. The number of nitrogens with one attached hydrogen (secondary N) is 2. The molecule has 1 amide bonds. The van der Waals surface area contributed by atoms with E-state index in [-0.39, 0.29) is 12.1 Å². The molecular formula is C17H32N2O3. The first kappa shape index (κ1) is 17.5. The number of alkyl carbamates (subject to hydrolysis) is 1. The van der Waals surface area contributed by atoms with Crippen LogP contribution in [0.2, 0.25) is 0 Å². The van der Waals surface area contributed by atoms with Crippen LogP contribution in [0, 0.1) is 5.41 Å². The minimum absolute atomic E-state index is 0.0538. The van der Waals surface area contributed by atoms with Crippen LogP contribution in [0.15, 0.2) is 0 Å². The van der Waals surface area contributed by atoms with E-state index in [0.29, 0.717) is 17.6 Å². The van der Waals surface area contributed by atoms with Crippen LogP contribution in [0.25, 0.3) is 0 Å². The lowest BCUT2D eigenvalue weighted by molar-refractivity contribution is -0.172. The van der Waals surface area contributed by atoms with Gasteiger partial charge in [-0.1, -0.05) is 6.42 Å². The van der Waals surface area contributed by atoms with E-state index in [1.165, 1.54) is 19.3 Å². The normalized spacial score (nSPS) is 27.7. The van der Waals surface area contributed by atoms with Crippen molar-refractivity contribution in [3.63, 3.8) is 0 Å². The Morgan fingerprint density at radius 3 is 2.55 bits per heavy atom. The molecule has 2 aliphatic rings. The quantitative estimate of drug-likeness (QED) is 0.792. The molecule has 1 spiro atoms.